The molecule has 0 bridgehead atoms. The zero-order valence-corrected chi connectivity index (χ0v) is 77.7. The van der Waals surface area contributed by atoms with Crippen LogP contribution in [0.3, 0.4) is 0 Å². The van der Waals surface area contributed by atoms with Crippen molar-refractivity contribution in [3.05, 3.63) is 221 Å². The van der Waals surface area contributed by atoms with E-state index in [0.29, 0.717) is 199 Å². The third kappa shape index (κ3) is 33.2. The number of carbonyl (C=O) groups is 3. The number of hydrogen-bond donors (Lipinski definition) is 5. The second kappa shape index (κ2) is 48.7. The van der Waals surface area contributed by atoms with E-state index in [1.807, 2.05) is 36.4 Å². The number of halogens is 20. The number of carboxylic acid groups (broad SMARTS) is 2. The largest absolute Gasteiger partial charge is 0.573 e. The van der Waals surface area contributed by atoms with Crippen molar-refractivity contribution < 1.29 is 153 Å². The Morgan fingerprint density at radius 3 is 0.914 bits per heavy atom. The number of nitrogens with one attached hydrogen (secondary N) is 1. The number of aliphatic hydroxyl groups is 2. The fourth-order valence-corrected chi connectivity index (χ4v) is 17.7. The lowest BCUT2D eigenvalue weighted by Crippen LogP contribution is -2.26. The second-order valence-corrected chi connectivity index (χ2v) is 34.9. The van der Waals surface area contributed by atoms with Crippen molar-refractivity contribution in [3.63, 3.8) is 0 Å². The molecule has 10 aromatic rings. The van der Waals surface area contributed by atoms with E-state index in [1.54, 1.807) is 33.3 Å². The number of benzene rings is 7. The number of hydrogen-bond acceptors (Lipinski definition) is 22. The van der Waals surface area contributed by atoms with Gasteiger partial charge >= 0.3 is 49.7 Å². The molecule has 5 N–H and O–H groups in total. The molecule has 3 aromatic heterocycles. The smallest absolute Gasteiger partial charge is 0.497 e. The number of alkyl halides is 15. The Morgan fingerprint density at radius 1 is 0.374 bits per heavy atom. The number of ether oxygens (including phenoxy) is 11. The normalized spacial score (nSPS) is 20.1. The molecule has 0 saturated heterocycles. The highest BCUT2D eigenvalue weighted by Crippen LogP contribution is 2.48. The molecule has 0 aliphatic heterocycles. The third-order valence-electron chi connectivity index (χ3n) is 23.2. The Balaban J connectivity index is 0.000000171. The zero-order chi connectivity index (χ0) is 101. The topological polar surface area (TPSA) is 337 Å². The van der Waals surface area contributed by atoms with E-state index in [2.05, 4.69) is 59.7 Å². The van der Waals surface area contributed by atoms with Gasteiger partial charge in [-0.25, -0.2) is 28.8 Å². The highest BCUT2D eigenvalue weighted by Gasteiger charge is 2.42. The van der Waals surface area contributed by atoms with Gasteiger partial charge in [0.1, 0.15) is 58.6 Å². The van der Waals surface area contributed by atoms with Gasteiger partial charge in [-0.2, -0.15) is 0 Å². The standard InChI is InChI=1S/C26H27ClF3N3O5.C24H23ClF3N3O5.C16H15ClF3N3O4.2C13H14ClF3O2/c1-3-36-25(34)23-24(33(32-31-23)15-16-4-9-19(35-2)10-5-16)37-20-11-6-17(7-12-20)21-14-18(27)8-13-22(21)38-26(28,29)30;1-34-17-7-2-14(3-8-17)13-31-22(21(23(32)33)29-30-31)35-18-9-4-15(5-10-18)19-12-16(25)6-11-20(19)36-24(26,27)28;17-9-3-6-12(27-16(18,19)20)11(7-9)8-1-4-10(5-2-8)26-14-13(15(24)25)21-23-22-14;2*14-9-3-6-12(19-13(15,16)17)11(7-9)8-1-4-10(18)5-2-8/h4-5,8-10,13-14,17,20H,3,6-7,11-12,15H2,1-2H3;2-3,6-8,11-12,15,18H,4-5,9-10,13H2,1H3,(H,32,33);3,6-8,10H,1-2,4-5H2,(H,24,25)(H,21,22,23);2*3,6-8,10,18H,1-2,4-5H2. The van der Waals surface area contributed by atoms with Gasteiger partial charge in [0.25, 0.3) is 5.88 Å². The van der Waals surface area contributed by atoms with Crippen molar-refractivity contribution in [2.24, 2.45) is 0 Å². The van der Waals surface area contributed by atoms with Crippen LogP contribution in [0.25, 0.3) is 0 Å². The minimum Gasteiger partial charge on any atom is -0.497 e. The number of carbonyl (C=O) groups excluding carboxylic acids is 1. The van der Waals surface area contributed by atoms with Crippen LogP contribution in [-0.4, -0.2) is 167 Å². The van der Waals surface area contributed by atoms with Gasteiger partial charge in [0.05, 0.1) is 46.1 Å². The maximum atomic E-state index is 12.9. The van der Waals surface area contributed by atoms with Gasteiger partial charge in [0.2, 0.25) is 28.8 Å². The van der Waals surface area contributed by atoms with Crippen LogP contribution in [-0.2, 0) is 17.8 Å². The molecule has 27 nitrogen and oxygen atoms in total. The lowest BCUT2D eigenvalue weighted by molar-refractivity contribution is -0.276. The van der Waals surface area contributed by atoms with Crippen LogP contribution in [0.5, 0.6) is 57.9 Å². The Bertz CT molecular complexity index is 5600. The SMILES string of the molecule is CCOC(=O)c1nnn(Cc2ccc(OC)cc2)c1OC1CCC(c2cc(Cl)ccc2OC(F)(F)F)CC1.COc1ccc(Cn2nnc(C(=O)O)c2OC2CCC(c3cc(Cl)ccc3OC(F)(F)F)CC2)cc1.O=C(O)c1[nH]nnc1OC1CCC(c2cc(Cl)ccc2OC(F)(F)F)CC1.OC1CCC(c2cc(Cl)ccc2OC(F)(F)F)CC1.OC1CCC(c2cc(Cl)ccc2OC(F)(F)F)CC1. The molecule has 5 saturated carbocycles. The minimum absolute atomic E-state index is 0.0295. The number of nitrogens with zero attached hydrogens (tertiary/aromatic N) is 8. The molecule has 3 heterocycles. The second-order valence-electron chi connectivity index (χ2n) is 32.8. The van der Waals surface area contributed by atoms with E-state index >= 15 is 0 Å². The molecule has 0 spiro atoms. The quantitative estimate of drug-likeness (QED) is 0.0248. The van der Waals surface area contributed by atoms with Crippen LogP contribution in [0.2, 0.25) is 25.1 Å². The Morgan fingerprint density at radius 2 is 0.647 bits per heavy atom. The molecule has 5 aliphatic carbocycles. The molecule has 0 radical (unpaired) electrons. The lowest BCUT2D eigenvalue weighted by Gasteiger charge is -2.30. The maximum Gasteiger partial charge on any atom is 0.573 e. The van der Waals surface area contributed by atoms with Crippen LogP contribution in [0.4, 0.5) is 65.9 Å². The first-order chi connectivity index (χ1) is 65.7. The van der Waals surface area contributed by atoms with Gasteiger partial charge in [0, 0.05) is 25.1 Å². The number of aromatic carboxylic acids is 2. The van der Waals surface area contributed by atoms with Crippen molar-refractivity contribution in [1.82, 2.24) is 45.4 Å². The number of H-pyrrole nitrogens is 1. The molecular weight excluding hydrogens is 1980 g/mol. The van der Waals surface area contributed by atoms with Crippen LogP contribution in [0.15, 0.2) is 140 Å². The monoisotopic (exact) mass is 2070 g/mol. The average Bonchev–Trinajstić information content (AvgIpc) is 1.63. The number of esters is 1. The molecule has 139 heavy (non-hydrogen) atoms. The molecule has 5 aliphatic rings. The molecule has 0 amide bonds. The summed E-state index contributed by atoms with van der Waals surface area (Å²) in [5.41, 5.74) is 3.27. The highest BCUT2D eigenvalue weighted by atomic mass is 35.5. The molecular formula is C92H93Cl5F15N9O18. The summed E-state index contributed by atoms with van der Waals surface area (Å²) in [6.07, 6.45) is -14.5. The zero-order valence-electron chi connectivity index (χ0n) is 74.0. The predicted molar refractivity (Wildman–Crippen MR) is 472 cm³/mol. The van der Waals surface area contributed by atoms with Crippen LogP contribution in [0.1, 0.15) is 235 Å². The van der Waals surface area contributed by atoms with Gasteiger partial charge < -0.3 is 72.5 Å². The summed E-state index contributed by atoms with van der Waals surface area (Å²) in [6, 6.07) is 35.1. The van der Waals surface area contributed by atoms with Crippen molar-refractivity contribution in [1.29, 1.82) is 0 Å². The van der Waals surface area contributed by atoms with E-state index in [4.69, 9.17) is 91.5 Å². The average molecular weight is 2080 g/mol. The van der Waals surface area contributed by atoms with E-state index in [0.717, 1.165) is 11.1 Å². The molecule has 754 valence electrons. The molecule has 0 atom stereocenters. The summed E-state index contributed by atoms with van der Waals surface area (Å²) in [4.78, 5) is 35.3. The van der Waals surface area contributed by atoms with Crippen LogP contribution in [0, 0.1) is 0 Å². The fraction of sp³-hybridized carbons (Fsp3) is 0.446. The van der Waals surface area contributed by atoms with Crippen LogP contribution < -0.4 is 47.4 Å². The van der Waals surface area contributed by atoms with Crippen molar-refractivity contribution >= 4 is 75.9 Å². The van der Waals surface area contributed by atoms with E-state index < -0.39 is 49.7 Å². The highest BCUT2D eigenvalue weighted by molar-refractivity contribution is 6.32. The van der Waals surface area contributed by atoms with Crippen molar-refractivity contribution in [3.8, 4) is 57.9 Å². The van der Waals surface area contributed by atoms with Crippen molar-refractivity contribution in [2.45, 2.75) is 240 Å². The molecule has 0 unspecified atom stereocenters. The number of aromatic nitrogens is 9. The first-order valence-electron chi connectivity index (χ1n) is 43.5. The van der Waals surface area contributed by atoms with Crippen molar-refractivity contribution in [2.75, 3.05) is 20.8 Å². The van der Waals surface area contributed by atoms with Gasteiger partial charge in [-0.15, -0.1) is 76.1 Å². The van der Waals surface area contributed by atoms with E-state index in [9.17, 15) is 95.6 Å². The van der Waals surface area contributed by atoms with E-state index in [-0.39, 0.29) is 137 Å². The van der Waals surface area contributed by atoms with E-state index in [1.165, 1.54) is 100 Å². The number of methoxy groups -OCH3 is 2. The summed E-state index contributed by atoms with van der Waals surface area (Å²) in [5, 5.41) is 64.3. The minimum atomic E-state index is -4.81. The van der Waals surface area contributed by atoms with Gasteiger partial charge in [0.15, 0.2) is 0 Å². The number of rotatable bonds is 26. The number of aliphatic hydroxyl groups excluding tert-OH is 2. The first-order valence-corrected chi connectivity index (χ1v) is 45.4. The number of aromatic amines is 1. The summed E-state index contributed by atoms with van der Waals surface area (Å²) in [7, 11) is 3.14. The molecule has 15 rings (SSSR count). The first kappa shape index (κ1) is 108. The fourth-order valence-electron chi connectivity index (χ4n) is 16.8. The number of carboxylic acids is 2. The predicted octanol–water partition coefficient (Wildman–Crippen LogP) is 24.5. The maximum absolute atomic E-state index is 12.9. The van der Waals surface area contributed by atoms with Gasteiger partial charge in [-0.3, -0.25) is 0 Å². The Labute approximate surface area is 809 Å². The molecule has 47 heteroatoms. The van der Waals surface area contributed by atoms with Crippen LogP contribution >= 0.6 is 58.0 Å². The summed E-state index contributed by atoms with van der Waals surface area (Å²) in [5.74, 6) is -3.55. The lowest BCUT2D eigenvalue weighted by atomic mass is 9.82. The Hall–Kier alpha value is -11.3. The summed E-state index contributed by atoms with van der Waals surface area (Å²) < 4.78 is 246. The Kier molecular flexibility index (Phi) is 37.9. The van der Waals surface area contributed by atoms with Gasteiger partial charge in [-0.05, 0) is 319 Å². The summed E-state index contributed by atoms with van der Waals surface area (Å²) >= 11 is 29.8. The third-order valence-corrected chi connectivity index (χ3v) is 24.4. The summed E-state index contributed by atoms with van der Waals surface area (Å²) in [6.45, 7) is 2.38. The molecule has 7 aromatic carbocycles. The molecule has 5 fully saturated rings. The van der Waals surface area contributed by atoms with Gasteiger partial charge in [-0.1, -0.05) is 103 Å².